The number of anilines is 6. The van der Waals surface area contributed by atoms with E-state index in [0.29, 0.717) is 11.4 Å². The van der Waals surface area contributed by atoms with Gasteiger partial charge in [-0.2, -0.15) is 0 Å². The summed E-state index contributed by atoms with van der Waals surface area (Å²) in [4.78, 5) is 0. The third-order valence-electron chi connectivity index (χ3n) is 4.39. The van der Waals surface area contributed by atoms with Crippen molar-refractivity contribution >= 4 is 44.9 Å². The van der Waals surface area contributed by atoms with Gasteiger partial charge in [-0.05, 0) is 36.4 Å². The Hall–Kier alpha value is -3.66. The van der Waals surface area contributed by atoms with Gasteiger partial charge in [0.1, 0.15) is 0 Å². The van der Waals surface area contributed by atoms with Crippen LogP contribution in [0.15, 0.2) is 84.9 Å². The van der Waals surface area contributed by atoms with Gasteiger partial charge >= 0.3 is 0 Å². The van der Waals surface area contributed by atoms with E-state index in [9.17, 15) is 0 Å². The molecule has 0 heterocycles. The monoisotopic (exact) mass is 340 g/mol. The van der Waals surface area contributed by atoms with Crippen molar-refractivity contribution in [2.45, 2.75) is 0 Å². The van der Waals surface area contributed by atoms with E-state index in [1.807, 2.05) is 84.9 Å². The predicted molar refractivity (Wildman–Crippen MR) is 112 cm³/mol. The molecule has 0 bridgehead atoms. The van der Waals surface area contributed by atoms with E-state index < -0.39 is 0 Å². The summed E-state index contributed by atoms with van der Waals surface area (Å²) in [6.07, 6.45) is 0. The molecule has 0 saturated heterocycles. The first-order chi connectivity index (χ1) is 12.7. The van der Waals surface area contributed by atoms with Crippen LogP contribution in [0.2, 0.25) is 0 Å². The lowest BCUT2D eigenvalue weighted by molar-refractivity contribution is 1.55. The Morgan fingerprint density at radius 2 is 0.846 bits per heavy atom. The Kier molecular flexibility index (Phi) is 4.07. The molecule has 4 rings (SSSR count). The molecule has 4 heteroatoms. The molecule has 0 aliphatic heterocycles. The molecular weight excluding hydrogens is 320 g/mol. The van der Waals surface area contributed by atoms with Crippen LogP contribution in [-0.4, -0.2) is 0 Å². The van der Waals surface area contributed by atoms with Crippen molar-refractivity contribution in [2.24, 2.45) is 0 Å². The zero-order valence-electron chi connectivity index (χ0n) is 14.2. The zero-order valence-corrected chi connectivity index (χ0v) is 14.2. The SMILES string of the molecule is Nc1c(Nc2ccccc2)ccc2c(N)c(Nc3ccccc3)ccc12. The van der Waals surface area contributed by atoms with Crippen molar-refractivity contribution in [3.8, 4) is 0 Å². The summed E-state index contributed by atoms with van der Waals surface area (Å²) >= 11 is 0. The van der Waals surface area contributed by atoms with Crippen molar-refractivity contribution in [2.75, 3.05) is 22.1 Å². The molecule has 0 spiro atoms. The van der Waals surface area contributed by atoms with Gasteiger partial charge in [-0.3, -0.25) is 0 Å². The molecule has 0 unspecified atom stereocenters. The van der Waals surface area contributed by atoms with E-state index in [-0.39, 0.29) is 0 Å². The van der Waals surface area contributed by atoms with Gasteiger partial charge in [0.25, 0.3) is 0 Å². The van der Waals surface area contributed by atoms with Gasteiger partial charge < -0.3 is 22.1 Å². The van der Waals surface area contributed by atoms with E-state index in [4.69, 9.17) is 11.5 Å². The van der Waals surface area contributed by atoms with Gasteiger partial charge in [0.05, 0.1) is 22.7 Å². The highest BCUT2D eigenvalue weighted by molar-refractivity contribution is 6.08. The van der Waals surface area contributed by atoms with Crippen LogP contribution in [0.4, 0.5) is 34.1 Å². The highest BCUT2D eigenvalue weighted by atomic mass is 14.9. The van der Waals surface area contributed by atoms with Crippen molar-refractivity contribution in [3.63, 3.8) is 0 Å². The number of benzene rings is 4. The first-order valence-electron chi connectivity index (χ1n) is 8.47. The fraction of sp³-hybridized carbons (Fsp3) is 0. The minimum absolute atomic E-state index is 0.685. The number of para-hydroxylation sites is 2. The number of hydrogen-bond donors (Lipinski definition) is 4. The second-order valence-corrected chi connectivity index (χ2v) is 6.13. The lowest BCUT2D eigenvalue weighted by atomic mass is 10.0. The Morgan fingerprint density at radius 3 is 1.23 bits per heavy atom. The molecule has 0 fully saturated rings. The summed E-state index contributed by atoms with van der Waals surface area (Å²) in [5.74, 6) is 0. The Balaban J connectivity index is 1.71. The summed E-state index contributed by atoms with van der Waals surface area (Å²) in [7, 11) is 0. The Morgan fingerprint density at radius 1 is 0.462 bits per heavy atom. The number of nitrogen functional groups attached to an aromatic ring is 2. The average Bonchev–Trinajstić information content (AvgIpc) is 2.68. The number of hydrogen-bond acceptors (Lipinski definition) is 4. The minimum atomic E-state index is 0.685. The van der Waals surface area contributed by atoms with Gasteiger partial charge in [-0.25, -0.2) is 0 Å². The fourth-order valence-electron chi connectivity index (χ4n) is 3.02. The smallest absolute Gasteiger partial charge is 0.0633 e. The van der Waals surface area contributed by atoms with Crippen molar-refractivity contribution in [1.29, 1.82) is 0 Å². The van der Waals surface area contributed by atoms with Crippen LogP contribution >= 0.6 is 0 Å². The first-order valence-corrected chi connectivity index (χ1v) is 8.47. The molecule has 4 nitrogen and oxygen atoms in total. The molecule has 128 valence electrons. The summed E-state index contributed by atoms with van der Waals surface area (Å²) in [6.45, 7) is 0. The van der Waals surface area contributed by atoms with E-state index in [2.05, 4.69) is 10.6 Å². The highest BCUT2D eigenvalue weighted by Gasteiger charge is 2.10. The van der Waals surface area contributed by atoms with Crippen molar-refractivity contribution in [3.05, 3.63) is 84.9 Å². The largest absolute Gasteiger partial charge is 0.397 e. The molecule has 0 atom stereocenters. The van der Waals surface area contributed by atoms with Crippen molar-refractivity contribution < 1.29 is 0 Å². The molecule has 4 aromatic rings. The number of fused-ring (bicyclic) bond motifs is 1. The van der Waals surface area contributed by atoms with E-state index in [0.717, 1.165) is 33.5 Å². The van der Waals surface area contributed by atoms with Crippen LogP contribution in [0, 0.1) is 0 Å². The zero-order chi connectivity index (χ0) is 17.9. The van der Waals surface area contributed by atoms with Gasteiger partial charge in [0.15, 0.2) is 0 Å². The average molecular weight is 340 g/mol. The molecule has 0 amide bonds. The second kappa shape index (κ2) is 6.69. The predicted octanol–water partition coefficient (Wildman–Crippen LogP) is 5.49. The second-order valence-electron chi connectivity index (χ2n) is 6.13. The molecule has 4 aromatic carbocycles. The van der Waals surface area contributed by atoms with Gasteiger partial charge in [-0.1, -0.05) is 48.5 Å². The maximum absolute atomic E-state index is 6.40. The summed E-state index contributed by atoms with van der Waals surface area (Å²) in [5.41, 5.74) is 17.9. The molecule has 26 heavy (non-hydrogen) atoms. The van der Waals surface area contributed by atoms with E-state index >= 15 is 0 Å². The van der Waals surface area contributed by atoms with Crippen LogP contribution in [0.5, 0.6) is 0 Å². The molecule has 6 N–H and O–H groups in total. The van der Waals surface area contributed by atoms with Crippen LogP contribution < -0.4 is 22.1 Å². The molecule has 0 saturated carbocycles. The van der Waals surface area contributed by atoms with E-state index in [1.165, 1.54) is 0 Å². The molecule has 0 aliphatic carbocycles. The standard InChI is InChI=1S/C22H20N4/c23-21-17-12-14-20(26-16-9-5-2-6-10-16)22(24)18(17)11-13-19(21)25-15-7-3-1-4-8-15/h1-14,25-26H,23-24H2. The van der Waals surface area contributed by atoms with Crippen molar-refractivity contribution in [1.82, 2.24) is 0 Å². The lowest BCUT2D eigenvalue weighted by Gasteiger charge is -2.15. The summed E-state index contributed by atoms with van der Waals surface area (Å²) in [5, 5.41) is 8.58. The quantitative estimate of drug-likeness (QED) is 0.370. The van der Waals surface area contributed by atoms with E-state index in [1.54, 1.807) is 0 Å². The number of nitrogens with one attached hydrogen (secondary N) is 2. The molecule has 0 radical (unpaired) electrons. The normalized spacial score (nSPS) is 10.6. The Labute approximate surface area is 152 Å². The third kappa shape index (κ3) is 3.00. The third-order valence-corrected chi connectivity index (χ3v) is 4.39. The highest BCUT2D eigenvalue weighted by Crippen LogP contribution is 2.37. The van der Waals surface area contributed by atoms with Crippen LogP contribution in [-0.2, 0) is 0 Å². The van der Waals surface area contributed by atoms with Gasteiger partial charge in [-0.15, -0.1) is 0 Å². The Bertz CT molecular complexity index is 957. The molecule has 0 aromatic heterocycles. The topological polar surface area (TPSA) is 76.1 Å². The van der Waals surface area contributed by atoms with Gasteiger partial charge in [0, 0.05) is 22.1 Å². The van der Waals surface area contributed by atoms with Crippen LogP contribution in [0.1, 0.15) is 0 Å². The van der Waals surface area contributed by atoms with Crippen LogP contribution in [0.25, 0.3) is 10.8 Å². The minimum Gasteiger partial charge on any atom is -0.397 e. The molecular formula is C22H20N4. The number of rotatable bonds is 4. The summed E-state index contributed by atoms with van der Waals surface area (Å²) in [6, 6.07) is 27.9. The maximum Gasteiger partial charge on any atom is 0.0633 e. The first kappa shape index (κ1) is 15.8. The molecule has 0 aliphatic rings. The van der Waals surface area contributed by atoms with Crippen LogP contribution in [0.3, 0.4) is 0 Å². The summed E-state index contributed by atoms with van der Waals surface area (Å²) < 4.78 is 0. The number of nitrogens with two attached hydrogens (primary N) is 2. The lowest BCUT2D eigenvalue weighted by Crippen LogP contribution is -2.00. The fourth-order valence-corrected chi connectivity index (χ4v) is 3.02. The van der Waals surface area contributed by atoms with Gasteiger partial charge in [0.2, 0.25) is 0 Å². The maximum atomic E-state index is 6.40.